The Hall–Kier alpha value is -3.42. The Bertz CT molecular complexity index is 1070. The minimum atomic E-state index is -0.562. The van der Waals surface area contributed by atoms with Crippen molar-refractivity contribution in [3.8, 4) is 5.75 Å². The van der Waals surface area contributed by atoms with E-state index in [0.717, 1.165) is 35.3 Å². The molecule has 7 heteroatoms. The first-order valence-corrected chi connectivity index (χ1v) is 12.3. The summed E-state index contributed by atoms with van der Waals surface area (Å²) >= 11 is 0. The van der Waals surface area contributed by atoms with Crippen molar-refractivity contribution < 1.29 is 33.3 Å². The first-order valence-electron chi connectivity index (χ1n) is 12.3. The zero-order valence-corrected chi connectivity index (χ0v) is 20.6. The molecule has 0 amide bonds. The first-order chi connectivity index (χ1) is 17.5. The Balaban J connectivity index is 1.23. The average molecular weight is 493 g/mol. The fraction of sp³-hybridized carbons (Fsp3) is 0.379. The summed E-state index contributed by atoms with van der Waals surface area (Å²) in [4.78, 5) is 24.6. The molecule has 2 aliphatic heterocycles. The molecule has 0 saturated carbocycles. The number of hydrogen-bond acceptors (Lipinski definition) is 7. The molecule has 2 aromatic carbocycles. The molecule has 0 bridgehead atoms. The van der Waals surface area contributed by atoms with Gasteiger partial charge in [0, 0.05) is 12.2 Å². The molecule has 2 fully saturated rings. The fourth-order valence-electron chi connectivity index (χ4n) is 4.02. The van der Waals surface area contributed by atoms with Crippen molar-refractivity contribution in [3.63, 3.8) is 0 Å². The van der Waals surface area contributed by atoms with Crippen molar-refractivity contribution in [3.05, 3.63) is 77.4 Å². The SMILES string of the molecule is CCCCOc1ccc(/C=C/C(=O)O[C@H]2COC3C2OC[C@H]3OC(=O)/C=C/c2ccc(C)cc2)cc1. The lowest BCUT2D eigenvalue weighted by atomic mass is 10.1. The van der Waals surface area contributed by atoms with E-state index < -0.39 is 36.4 Å². The van der Waals surface area contributed by atoms with E-state index in [1.807, 2.05) is 55.5 Å². The summed E-state index contributed by atoms with van der Waals surface area (Å²) in [5, 5.41) is 0. The van der Waals surface area contributed by atoms with Crippen molar-refractivity contribution in [2.75, 3.05) is 19.8 Å². The van der Waals surface area contributed by atoms with Gasteiger partial charge < -0.3 is 23.7 Å². The van der Waals surface area contributed by atoms with Crippen LogP contribution < -0.4 is 4.74 Å². The summed E-state index contributed by atoms with van der Waals surface area (Å²) in [5.41, 5.74) is 2.92. The normalized spacial score (nSPS) is 23.2. The Morgan fingerprint density at radius 3 is 1.83 bits per heavy atom. The van der Waals surface area contributed by atoms with Gasteiger partial charge in [-0.05, 0) is 48.8 Å². The third-order valence-corrected chi connectivity index (χ3v) is 6.05. The molecule has 0 spiro atoms. The zero-order chi connectivity index (χ0) is 25.3. The largest absolute Gasteiger partial charge is 0.494 e. The first kappa shape index (κ1) is 25.7. The van der Waals surface area contributed by atoms with Gasteiger partial charge in [-0.2, -0.15) is 0 Å². The molecule has 2 saturated heterocycles. The molecule has 7 nitrogen and oxygen atoms in total. The van der Waals surface area contributed by atoms with Crippen LogP contribution in [0.15, 0.2) is 60.7 Å². The molecule has 0 radical (unpaired) electrons. The number of hydrogen-bond donors (Lipinski definition) is 0. The summed E-state index contributed by atoms with van der Waals surface area (Å²) in [6, 6.07) is 15.3. The molecule has 190 valence electrons. The molecule has 0 aromatic heterocycles. The van der Waals surface area contributed by atoms with Gasteiger partial charge in [-0.1, -0.05) is 55.3 Å². The topological polar surface area (TPSA) is 80.3 Å². The smallest absolute Gasteiger partial charge is 0.331 e. The minimum absolute atomic E-state index is 0.186. The number of esters is 2. The van der Waals surface area contributed by atoms with Crippen molar-refractivity contribution in [2.24, 2.45) is 0 Å². The number of aryl methyl sites for hydroxylation is 1. The molecule has 2 aliphatic rings. The van der Waals surface area contributed by atoms with E-state index in [9.17, 15) is 9.59 Å². The van der Waals surface area contributed by atoms with Crippen LogP contribution in [0.1, 0.15) is 36.5 Å². The fourth-order valence-corrected chi connectivity index (χ4v) is 4.02. The minimum Gasteiger partial charge on any atom is -0.494 e. The van der Waals surface area contributed by atoms with Gasteiger partial charge in [-0.3, -0.25) is 0 Å². The van der Waals surface area contributed by atoms with Gasteiger partial charge in [-0.15, -0.1) is 0 Å². The lowest BCUT2D eigenvalue weighted by Crippen LogP contribution is -2.35. The van der Waals surface area contributed by atoms with E-state index in [0.29, 0.717) is 6.61 Å². The Labute approximate surface area is 211 Å². The second-order valence-electron chi connectivity index (χ2n) is 8.89. The van der Waals surface area contributed by atoms with Crippen molar-refractivity contribution >= 4 is 24.1 Å². The van der Waals surface area contributed by atoms with Gasteiger partial charge in [0.1, 0.15) is 18.0 Å². The molecule has 0 N–H and O–H groups in total. The monoisotopic (exact) mass is 492 g/mol. The summed E-state index contributed by atoms with van der Waals surface area (Å²) < 4.78 is 28.2. The highest BCUT2D eigenvalue weighted by Gasteiger charge is 2.51. The molecule has 2 aromatic rings. The molecular weight excluding hydrogens is 460 g/mol. The molecule has 2 unspecified atom stereocenters. The summed E-state index contributed by atoms with van der Waals surface area (Å²) in [6.07, 6.45) is 6.19. The number of fused-ring (bicyclic) bond motifs is 1. The van der Waals surface area contributed by atoms with Gasteiger partial charge >= 0.3 is 11.9 Å². The van der Waals surface area contributed by atoms with Gasteiger partial charge in [0.2, 0.25) is 0 Å². The molecular formula is C29H32O7. The highest BCUT2D eigenvalue weighted by Crippen LogP contribution is 2.31. The summed E-state index contributed by atoms with van der Waals surface area (Å²) in [6.45, 7) is 5.19. The van der Waals surface area contributed by atoms with Crippen molar-refractivity contribution in [1.29, 1.82) is 0 Å². The van der Waals surface area contributed by atoms with E-state index >= 15 is 0 Å². The number of benzene rings is 2. The van der Waals surface area contributed by atoms with E-state index in [4.69, 9.17) is 23.7 Å². The predicted molar refractivity (Wildman–Crippen MR) is 135 cm³/mol. The van der Waals surface area contributed by atoms with Crippen LogP contribution in [0.2, 0.25) is 0 Å². The van der Waals surface area contributed by atoms with Gasteiger partial charge in [0.25, 0.3) is 0 Å². The third-order valence-electron chi connectivity index (χ3n) is 6.05. The second-order valence-corrected chi connectivity index (χ2v) is 8.89. The highest BCUT2D eigenvalue weighted by molar-refractivity contribution is 5.87. The molecule has 4 atom stereocenters. The number of carbonyl (C=O) groups is 2. The van der Waals surface area contributed by atoms with E-state index in [1.165, 1.54) is 12.2 Å². The quantitative estimate of drug-likeness (QED) is 0.274. The molecule has 2 heterocycles. The second kappa shape index (κ2) is 12.5. The summed E-state index contributed by atoms with van der Waals surface area (Å²) in [5.74, 6) is -0.159. The lowest BCUT2D eigenvalue weighted by Gasteiger charge is -2.16. The standard InChI is InChI=1S/C29H32O7/c1-3-4-17-32-23-13-9-22(10-14-23)12-16-27(31)36-25-19-34-28-24(18-33-29(25)28)35-26(30)15-11-21-7-5-20(2)6-8-21/h5-16,24-25,28-29H,3-4,17-19H2,1-2H3/b15-11+,16-12+/t24-,25+,28?,29?/m1/s1. The van der Waals surface area contributed by atoms with Crippen LogP contribution in [0.3, 0.4) is 0 Å². The van der Waals surface area contributed by atoms with Gasteiger partial charge in [0.15, 0.2) is 12.2 Å². The average Bonchev–Trinajstić information content (AvgIpc) is 3.46. The molecule has 0 aliphatic carbocycles. The Morgan fingerprint density at radius 2 is 1.33 bits per heavy atom. The van der Waals surface area contributed by atoms with Crippen molar-refractivity contribution in [2.45, 2.75) is 51.1 Å². The Morgan fingerprint density at radius 1 is 0.833 bits per heavy atom. The number of carbonyl (C=O) groups excluding carboxylic acids is 2. The van der Waals surface area contributed by atoms with Crippen molar-refractivity contribution in [1.82, 2.24) is 0 Å². The maximum Gasteiger partial charge on any atom is 0.331 e. The number of rotatable bonds is 10. The molecule has 4 rings (SSSR count). The predicted octanol–water partition coefficient (Wildman–Crippen LogP) is 4.52. The van der Waals surface area contributed by atoms with Crippen LogP contribution in [0.5, 0.6) is 5.75 Å². The lowest BCUT2D eigenvalue weighted by molar-refractivity contribution is -0.149. The molecule has 36 heavy (non-hydrogen) atoms. The van der Waals surface area contributed by atoms with Crippen LogP contribution in [0.25, 0.3) is 12.2 Å². The van der Waals surface area contributed by atoms with Crippen LogP contribution >= 0.6 is 0 Å². The number of ether oxygens (including phenoxy) is 5. The van der Waals surface area contributed by atoms with Gasteiger partial charge in [-0.25, -0.2) is 9.59 Å². The van der Waals surface area contributed by atoms with Crippen LogP contribution in [0.4, 0.5) is 0 Å². The number of unbranched alkanes of at least 4 members (excludes halogenated alkanes) is 1. The summed E-state index contributed by atoms with van der Waals surface area (Å²) in [7, 11) is 0. The van der Waals surface area contributed by atoms with Crippen LogP contribution in [-0.4, -0.2) is 56.2 Å². The third kappa shape index (κ3) is 7.06. The van der Waals surface area contributed by atoms with Gasteiger partial charge in [0.05, 0.1) is 19.8 Å². The van der Waals surface area contributed by atoms with Crippen LogP contribution in [0, 0.1) is 6.92 Å². The van der Waals surface area contributed by atoms with Crippen LogP contribution in [-0.2, 0) is 28.5 Å². The van der Waals surface area contributed by atoms with E-state index in [-0.39, 0.29) is 13.2 Å². The maximum atomic E-state index is 12.4. The van der Waals surface area contributed by atoms with E-state index in [2.05, 4.69) is 6.92 Å². The maximum absolute atomic E-state index is 12.4. The Kier molecular flexibility index (Phi) is 8.92. The zero-order valence-electron chi connectivity index (χ0n) is 20.6. The highest BCUT2D eigenvalue weighted by atomic mass is 16.7. The van der Waals surface area contributed by atoms with E-state index in [1.54, 1.807) is 12.2 Å².